The molecule has 0 aromatic rings. The Balaban J connectivity index is 2.25. The summed E-state index contributed by atoms with van der Waals surface area (Å²) in [5.74, 6) is 1.58. The van der Waals surface area contributed by atoms with Crippen molar-refractivity contribution in [2.24, 2.45) is 22.7 Å². The Morgan fingerprint density at radius 2 is 2.05 bits per heavy atom. The van der Waals surface area contributed by atoms with Crippen LogP contribution >= 0.6 is 0 Å². The average molecular weight is 272 g/mol. The molecule has 2 rings (SSSR count). The van der Waals surface area contributed by atoms with Gasteiger partial charge in [0, 0.05) is 0 Å². The molecule has 0 nitrogen and oxygen atoms in total. The van der Waals surface area contributed by atoms with Crippen molar-refractivity contribution in [3.8, 4) is 0 Å². The van der Waals surface area contributed by atoms with E-state index in [1.807, 2.05) is 6.08 Å². The molecule has 0 aromatic heterocycles. The fourth-order valence-corrected chi connectivity index (χ4v) is 5.13. The van der Waals surface area contributed by atoms with E-state index >= 15 is 0 Å². The molecule has 0 amide bonds. The summed E-state index contributed by atoms with van der Waals surface area (Å²) in [5.41, 5.74) is 3.80. The maximum absolute atomic E-state index is 4.10. The smallest absolute Gasteiger partial charge is 0.0146 e. The highest BCUT2D eigenvalue weighted by Crippen LogP contribution is 2.60. The fraction of sp³-hybridized carbons (Fsp3) is 0.700. The SMILES string of the molecule is C=CC(=C)CC[C@H]1C(C)=CC[C@H]2C(C)(C)CCC[C@]12C. The zero-order chi connectivity index (χ0) is 15.0. The van der Waals surface area contributed by atoms with Gasteiger partial charge in [0.2, 0.25) is 0 Å². The number of hydrogen-bond donors (Lipinski definition) is 0. The number of rotatable bonds is 4. The van der Waals surface area contributed by atoms with Gasteiger partial charge in [0.25, 0.3) is 0 Å². The van der Waals surface area contributed by atoms with Gasteiger partial charge in [-0.05, 0) is 61.7 Å². The molecule has 0 aromatic carbocycles. The molecule has 2 aliphatic carbocycles. The second-order valence-electron chi connectivity index (χ2n) is 8.04. The van der Waals surface area contributed by atoms with Crippen molar-refractivity contribution in [1.82, 2.24) is 0 Å². The van der Waals surface area contributed by atoms with Gasteiger partial charge in [-0.1, -0.05) is 63.6 Å². The maximum atomic E-state index is 4.10. The van der Waals surface area contributed by atoms with E-state index in [-0.39, 0.29) is 0 Å². The molecule has 1 saturated carbocycles. The van der Waals surface area contributed by atoms with E-state index in [1.54, 1.807) is 5.57 Å². The summed E-state index contributed by atoms with van der Waals surface area (Å²) >= 11 is 0. The molecule has 112 valence electrons. The van der Waals surface area contributed by atoms with Crippen LogP contribution in [0.3, 0.4) is 0 Å². The van der Waals surface area contributed by atoms with Crippen LogP contribution in [0.5, 0.6) is 0 Å². The standard InChI is InChI=1S/C20H32/c1-7-15(2)9-11-17-16(3)10-12-18-19(4,5)13-8-14-20(17,18)6/h7,10,17-18H,1-2,8-9,11-14H2,3-6H3/t17-,18-,20+/m0/s1. The predicted molar refractivity (Wildman–Crippen MR) is 89.7 cm³/mol. The topological polar surface area (TPSA) is 0 Å². The largest absolute Gasteiger partial charge is 0.0988 e. The summed E-state index contributed by atoms with van der Waals surface area (Å²) in [7, 11) is 0. The summed E-state index contributed by atoms with van der Waals surface area (Å²) in [6.45, 7) is 17.8. The van der Waals surface area contributed by atoms with Gasteiger partial charge in [-0.3, -0.25) is 0 Å². The van der Waals surface area contributed by atoms with Crippen molar-refractivity contribution >= 4 is 0 Å². The lowest BCUT2D eigenvalue weighted by atomic mass is 9.48. The fourth-order valence-electron chi connectivity index (χ4n) is 5.13. The van der Waals surface area contributed by atoms with Gasteiger partial charge >= 0.3 is 0 Å². The third kappa shape index (κ3) is 2.67. The third-order valence-electron chi connectivity index (χ3n) is 6.34. The summed E-state index contributed by atoms with van der Waals surface area (Å²) in [4.78, 5) is 0. The van der Waals surface area contributed by atoms with E-state index in [2.05, 4.69) is 46.9 Å². The lowest BCUT2D eigenvalue weighted by Crippen LogP contribution is -2.48. The van der Waals surface area contributed by atoms with Crippen LogP contribution in [-0.2, 0) is 0 Å². The number of fused-ring (bicyclic) bond motifs is 1. The molecule has 0 N–H and O–H groups in total. The minimum absolute atomic E-state index is 0.488. The van der Waals surface area contributed by atoms with E-state index < -0.39 is 0 Å². The van der Waals surface area contributed by atoms with Crippen LogP contribution in [0.4, 0.5) is 0 Å². The third-order valence-corrected chi connectivity index (χ3v) is 6.34. The molecule has 0 radical (unpaired) electrons. The highest BCUT2D eigenvalue weighted by Gasteiger charge is 2.51. The molecule has 0 unspecified atom stereocenters. The summed E-state index contributed by atoms with van der Waals surface area (Å²) in [5, 5.41) is 0. The van der Waals surface area contributed by atoms with Gasteiger partial charge < -0.3 is 0 Å². The molecule has 1 fully saturated rings. The number of allylic oxidation sites excluding steroid dienone is 4. The van der Waals surface area contributed by atoms with Gasteiger partial charge in [-0.2, -0.15) is 0 Å². The van der Waals surface area contributed by atoms with Crippen molar-refractivity contribution < 1.29 is 0 Å². The van der Waals surface area contributed by atoms with E-state index in [4.69, 9.17) is 0 Å². The molecule has 0 aliphatic heterocycles. The normalized spacial score (nSPS) is 35.9. The van der Waals surface area contributed by atoms with Crippen molar-refractivity contribution in [3.63, 3.8) is 0 Å². The lowest BCUT2D eigenvalue weighted by molar-refractivity contribution is -0.0389. The molecule has 20 heavy (non-hydrogen) atoms. The Hall–Kier alpha value is -0.780. The number of hydrogen-bond acceptors (Lipinski definition) is 0. The minimum atomic E-state index is 0.488. The van der Waals surface area contributed by atoms with Crippen molar-refractivity contribution in [2.45, 2.75) is 66.2 Å². The minimum Gasteiger partial charge on any atom is -0.0988 e. The molecular formula is C20H32. The van der Waals surface area contributed by atoms with Crippen molar-refractivity contribution in [1.29, 1.82) is 0 Å². The molecule has 0 bridgehead atoms. The van der Waals surface area contributed by atoms with Gasteiger partial charge in [0.15, 0.2) is 0 Å². The predicted octanol–water partition coefficient (Wildman–Crippen LogP) is 6.31. The van der Waals surface area contributed by atoms with Crippen molar-refractivity contribution in [3.05, 3.63) is 36.5 Å². The Kier molecular flexibility index (Phi) is 4.33. The van der Waals surface area contributed by atoms with E-state index in [9.17, 15) is 0 Å². The zero-order valence-electron chi connectivity index (χ0n) is 14.0. The first-order valence-corrected chi connectivity index (χ1v) is 8.28. The first-order chi connectivity index (χ1) is 9.31. The van der Waals surface area contributed by atoms with Gasteiger partial charge in [0.05, 0.1) is 0 Å². The molecule has 0 spiro atoms. The van der Waals surface area contributed by atoms with Crippen LogP contribution in [0.1, 0.15) is 66.2 Å². The monoisotopic (exact) mass is 272 g/mol. The van der Waals surface area contributed by atoms with E-state index in [1.165, 1.54) is 37.7 Å². The Labute approximate surface area is 126 Å². The van der Waals surface area contributed by atoms with Crippen LogP contribution in [0.25, 0.3) is 0 Å². The summed E-state index contributed by atoms with van der Waals surface area (Å²) in [6.07, 6.45) is 12.3. The maximum Gasteiger partial charge on any atom is -0.0146 e. The lowest BCUT2D eigenvalue weighted by Gasteiger charge is -2.57. The highest BCUT2D eigenvalue weighted by molar-refractivity contribution is 5.20. The van der Waals surface area contributed by atoms with Crippen LogP contribution in [0.2, 0.25) is 0 Å². The summed E-state index contributed by atoms with van der Waals surface area (Å²) in [6, 6.07) is 0. The Morgan fingerprint density at radius 3 is 2.70 bits per heavy atom. The van der Waals surface area contributed by atoms with E-state index in [0.717, 1.165) is 18.3 Å². The van der Waals surface area contributed by atoms with Gasteiger partial charge in [0.1, 0.15) is 0 Å². The second-order valence-corrected chi connectivity index (χ2v) is 8.04. The van der Waals surface area contributed by atoms with Crippen LogP contribution < -0.4 is 0 Å². The van der Waals surface area contributed by atoms with Crippen molar-refractivity contribution in [2.75, 3.05) is 0 Å². The zero-order valence-corrected chi connectivity index (χ0v) is 14.0. The van der Waals surface area contributed by atoms with Crippen LogP contribution in [0.15, 0.2) is 36.5 Å². The molecule has 0 heteroatoms. The summed E-state index contributed by atoms with van der Waals surface area (Å²) < 4.78 is 0. The second kappa shape index (κ2) is 5.54. The molecule has 3 atom stereocenters. The van der Waals surface area contributed by atoms with Gasteiger partial charge in [-0.15, -0.1) is 0 Å². The van der Waals surface area contributed by atoms with E-state index in [0.29, 0.717) is 10.8 Å². The average Bonchev–Trinajstić information content (AvgIpc) is 2.36. The first kappa shape index (κ1) is 15.6. The van der Waals surface area contributed by atoms with Crippen LogP contribution in [0, 0.1) is 22.7 Å². The Bertz CT molecular complexity index is 423. The first-order valence-electron chi connectivity index (χ1n) is 8.28. The Morgan fingerprint density at radius 1 is 1.35 bits per heavy atom. The molecule has 0 saturated heterocycles. The van der Waals surface area contributed by atoms with Gasteiger partial charge in [-0.25, -0.2) is 0 Å². The molecule has 2 aliphatic rings. The molecular weight excluding hydrogens is 240 g/mol. The van der Waals surface area contributed by atoms with Crippen LogP contribution in [-0.4, -0.2) is 0 Å². The highest BCUT2D eigenvalue weighted by atomic mass is 14.6. The quantitative estimate of drug-likeness (QED) is 0.415. The molecule has 0 heterocycles.